The molecule has 3 N–H and O–H groups in total. The fourth-order valence-electron chi connectivity index (χ4n) is 2.83. The molecule has 2 rings (SSSR count). The van der Waals surface area contributed by atoms with E-state index in [9.17, 15) is 0 Å². The first-order chi connectivity index (χ1) is 8.45. The van der Waals surface area contributed by atoms with Crippen molar-refractivity contribution in [3.63, 3.8) is 0 Å². The van der Waals surface area contributed by atoms with Crippen LogP contribution in [0, 0.1) is 5.92 Å². The average Bonchev–Trinajstić information content (AvgIpc) is 2.41. The van der Waals surface area contributed by atoms with Crippen molar-refractivity contribution in [2.24, 2.45) is 5.92 Å². The van der Waals surface area contributed by atoms with Crippen LogP contribution in [0.5, 0.6) is 0 Å². The van der Waals surface area contributed by atoms with Gasteiger partial charge in [0.15, 0.2) is 0 Å². The molecule has 0 radical (unpaired) electrons. The Kier molecular flexibility index (Phi) is 6.03. The number of allylic oxidation sites excluding steroid dienone is 2. The lowest BCUT2D eigenvalue weighted by Gasteiger charge is -2.23. The molecule has 1 heterocycles. The standard InChI is InChI=1S/C14H26N2O/c1-2-5-14(6-3-1)13-15-7-4-8-16-9-11-17-12-10-16/h1-2,14-15H,3-13H2/p+2/t14-/m0/s1. The first-order valence-corrected chi connectivity index (χ1v) is 7.33. The van der Waals surface area contributed by atoms with Gasteiger partial charge < -0.3 is 15.0 Å². The van der Waals surface area contributed by atoms with Gasteiger partial charge in [0.25, 0.3) is 0 Å². The highest BCUT2D eigenvalue weighted by atomic mass is 16.5. The number of hydrogen-bond donors (Lipinski definition) is 2. The number of nitrogens with two attached hydrogens (primary N) is 1. The lowest BCUT2D eigenvalue weighted by molar-refractivity contribution is -0.909. The predicted octanol–water partition coefficient (Wildman–Crippen LogP) is -0.789. The van der Waals surface area contributed by atoms with Gasteiger partial charge in [-0.1, -0.05) is 12.2 Å². The molecule has 0 bridgehead atoms. The maximum atomic E-state index is 5.37. The summed E-state index contributed by atoms with van der Waals surface area (Å²) in [4.78, 5) is 1.74. The summed E-state index contributed by atoms with van der Waals surface area (Å²) in [5.41, 5.74) is 0. The lowest BCUT2D eigenvalue weighted by Crippen LogP contribution is -3.14. The van der Waals surface area contributed by atoms with Gasteiger partial charge in [-0.05, 0) is 19.3 Å². The molecule has 1 atom stereocenters. The largest absolute Gasteiger partial charge is 0.370 e. The van der Waals surface area contributed by atoms with E-state index >= 15 is 0 Å². The van der Waals surface area contributed by atoms with Crippen molar-refractivity contribution >= 4 is 0 Å². The molecule has 0 amide bonds. The van der Waals surface area contributed by atoms with Crippen molar-refractivity contribution in [1.29, 1.82) is 0 Å². The maximum absolute atomic E-state index is 5.37. The van der Waals surface area contributed by atoms with Gasteiger partial charge in [-0.25, -0.2) is 0 Å². The fourth-order valence-corrected chi connectivity index (χ4v) is 2.83. The summed E-state index contributed by atoms with van der Waals surface area (Å²) in [6.45, 7) is 8.35. The second-order valence-electron chi connectivity index (χ2n) is 5.43. The average molecular weight is 240 g/mol. The normalized spacial score (nSPS) is 26.2. The third-order valence-corrected chi connectivity index (χ3v) is 4.02. The minimum atomic E-state index is 0.940. The molecule has 0 aromatic rings. The van der Waals surface area contributed by atoms with Crippen molar-refractivity contribution in [3.05, 3.63) is 12.2 Å². The van der Waals surface area contributed by atoms with Crippen LogP contribution in [0.25, 0.3) is 0 Å². The molecular weight excluding hydrogens is 212 g/mol. The lowest BCUT2D eigenvalue weighted by atomic mass is 9.94. The summed E-state index contributed by atoms with van der Waals surface area (Å²) in [7, 11) is 0. The van der Waals surface area contributed by atoms with Gasteiger partial charge in [-0.2, -0.15) is 0 Å². The molecule has 1 aliphatic heterocycles. The highest BCUT2D eigenvalue weighted by Crippen LogP contribution is 2.15. The predicted molar refractivity (Wildman–Crippen MR) is 69.1 cm³/mol. The fraction of sp³-hybridized carbons (Fsp3) is 0.857. The highest BCUT2D eigenvalue weighted by molar-refractivity contribution is 4.89. The van der Waals surface area contributed by atoms with Crippen LogP contribution in [0.3, 0.4) is 0 Å². The Hall–Kier alpha value is -0.380. The Bertz CT molecular complexity index is 224. The summed E-state index contributed by atoms with van der Waals surface area (Å²) in [5.74, 6) is 0.940. The molecule has 98 valence electrons. The molecule has 0 unspecified atom stereocenters. The van der Waals surface area contributed by atoms with Crippen LogP contribution in [0.2, 0.25) is 0 Å². The number of nitrogens with one attached hydrogen (secondary N) is 1. The van der Waals surface area contributed by atoms with Crippen molar-refractivity contribution in [3.8, 4) is 0 Å². The van der Waals surface area contributed by atoms with Gasteiger partial charge in [0, 0.05) is 12.3 Å². The highest BCUT2D eigenvalue weighted by Gasteiger charge is 2.14. The van der Waals surface area contributed by atoms with E-state index in [1.165, 1.54) is 58.4 Å². The van der Waals surface area contributed by atoms with Gasteiger partial charge in [0.1, 0.15) is 13.1 Å². The van der Waals surface area contributed by atoms with Crippen LogP contribution in [-0.4, -0.2) is 45.9 Å². The summed E-state index contributed by atoms with van der Waals surface area (Å²) in [6.07, 6.45) is 10.1. The third-order valence-electron chi connectivity index (χ3n) is 4.02. The van der Waals surface area contributed by atoms with Crippen molar-refractivity contribution in [2.45, 2.75) is 25.7 Å². The molecule has 3 nitrogen and oxygen atoms in total. The first kappa shape index (κ1) is 13.1. The third kappa shape index (κ3) is 5.19. The SMILES string of the molecule is C1=CC[C@H](C[NH2+]CCC[NH+]2CCOCC2)CC1. The van der Waals surface area contributed by atoms with Gasteiger partial charge >= 0.3 is 0 Å². The Morgan fingerprint density at radius 2 is 2.12 bits per heavy atom. The zero-order valence-corrected chi connectivity index (χ0v) is 11.0. The summed E-state index contributed by atoms with van der Waals surface area (Å²) >= 11 is 0. The number of quaternary nitrogens is 2. The molecule has 2 aliphatic rings. The minimum Gasteiger partial charge on any atom is -0.370 e. The molecule has 1 fully saturated rings. The number of rotatable bonds is 6. The Morgan fingerprint density at radius 1 is 1.24 bits per heavy atom. The molecular formula is C14H28N2O+2. The van der Waals surface area contributed by atoms with Crippen molar-refractivity contribution < 1.29 is 15.0 Å². The van der Waals surface area contributed by atoms with Gasteiger partial charge in [0.2, 0.25) is 0 Å². The zero-order valence-electron chi connectivity index (χ0n) is 11.0. The molecule has 1 aliphatic carbocycles. The quantitative estimate of drug-likeness (QED) is 0.463. The smallest absolute Gasteiger partial charge is 0.101 e. The second kappa shape index (κ2) is 7.85. The zero-order chi connectivity index (χ0) is 11.8. The van der Waals surface area contributed by atoms with E-state index in [4.69, 9.17) is 4.74 Å². The van der Waals surface area contributed by atoms with E-state index in [1.54, 1.807) is 4.90 Å². The molecule has 0 saturated carbocycles. The second-order valence-corrected chi connectivity index (χ2v) is 5.43. The van der Waals surface area contributed by atoms with Gasteiger partial charge in [0.05, 0.1) is 32.8 Å². The van der Waals surface area contributed by atoms with Crippen LogP contribution in [-0.2, 0) is 4.74 Å². The summed E-state index contributed by atoms with van der Waals surface area (Å²) in [6, 6.07) is 0. The van der Waals surface area contributed by atoms with E-state index < -0.39 is 0 Å². The van der Waals surface area contributed by atoms with Crippen LogP contribution in [0.1, 0.15) is 25.7 Å². The molecule has 0 spiro atoms. The van der Waals surface area contributed by atoms with E-state index in [0.29, 0.717) is 0 Å². The molecule has 0 aromatic carbocycles. The van der Waals surface area contributed by atoms with E-state index in [0.717, 1.165) is 19.1 Å². The number of morpholine rings is 1. The van der Waals surface area contributed by atoms with E-state index in [1.807, 2.05) is 0 Å². The van der Waals surface area contributed by atoms with Crippen LogP contribution in [0.15, 0.2) is 12.2 Å². The number of ether oxygens (including phenoxy) is 1. The Balaban J connectivity index is 1.44. The van der Waals surface area contributed by atoms with Crippen molar-refractivity contribution in [2.75, 3.05) is 45.9 Å². The van der Waals surface area contributed by atoms with Crippen molar-refractivity contribution in [1.82, 2.24) is 0 Å². The summed E-state index contributed by atoms with van der Waals surface area (Å²) < 4.78 is 5.37. The summed E-state index contributed by atoms with van der Waals surface area (Å²) in [5, 5.41) is 2.53. The van der Waals surface area contributed by atoms with Crippen LogP contribution >= 0.6 is 0 Å². The monoisotopic (exact) mass is 240 g/mol. The Labute approximate surface area is 105 Å². The molecule has 1 saturated heterocycles. The van der Waals surface area contributed by atoms with Gasteiger partial charge in [-0.3, -0.25) is 0 Å². The van der Waals surface area contributed by atoms with E-state index in [2.05, 4.69) is 17.5 Å². The minimum absolute atomic E-state index is 0.940. The maximum Gasteiger partial charge on any atom is 0.101 e. The molecule has 17 heavy (non-hydrogen) atoms. The van der Waals surface area contributed by atoms with E-state index in [-0.39, 0.29) is 0 Å². The molecule has 3 heteroatoms. The first-order valence-electron chi connectivity index (χ1n) is 7.33. The molecule has 0 aromatic heterocycles. The van der Waals surface area contributed by atoms with Crippen LogP contribution in [0.4, 0.5) is 0 Å². The topological polar surface area (TPSA) is 30.3 Å². The number of hydrogen-bond acceptors (Lipinski definition) is 1. The Morgan fingerprint density at radius 3 is 2.88 bits per heavy atom. The van der Waals surface area contributed by atoms with Crippen LogP contribution < -0.4 is 10.2 Å². The van der Waals surface area contributed by atoms with Gasteiger partial charge in [-0.15, -0.1) is 0 Å².